The van der Waals surface area contributed by atoms with Crippen LogP contribution in [0, 0.1) is 12.7 Å². The fourth-order valence-corrected chi connectivity index (χ4v) is 6.01. The van der Waals surface area contributed by atoms with Gasteiger partial charge in [0, 0.05) is 17.3 Å². The Kier molecular flexibility index (Phi) is 7.36. The second kappa shape index (κ2) is 10.1. The predicted octanol–water partition coefficient (Wildman–Crippen LogP) is 3.83. The van der Waals surface area contributed by atoms with Crippen molar-refractivity contribution < 1.29 is 17.5 Å². The molecule has 0 unspecified atom stereocenters. The fourth-order valence-electron chi connectivity index (χ4n) is 5.11. The first kappa shape index (κ1) is 24.1. The Bertz CT molecular complexity index is 1120. The van der Waals surface area contributed by atoms with Crippen LogP contribution in [0.5, 0.6) is 0 Å². The average molecular weight is 477 g/mol. The highest BCUT2D eigenvalue weighted by Gasteiger charge is 2.34. The van der Waals surface area contributed by atoms with Crippen LogP contribution in [0.3, 0.4) is 0 Å². The number of benzene rings is 1. The summed E-state index contributed by atoms with van der Waals surface area (Å²) in [4.78, 5) is 13.0. The largest absolute Gasteiger partial charge is 0.376 e. The number of nitrogens with zero attached hydrogens (tertiary/aromatic N) is 1. The van der Waals surface area contributed by atoms with E-state index in [0.717, 1.165) is 36.9 Å². The Hall–Kier alpha value is -2.03. The minimum absolute atomic E-state index is 0.0000492. The van der Waals surface area contributed by atoms with E-state index in [1.54, 1.807) is 18.4 Å². The summed E-state index contributed by atoms with van der Waals surface area (Å²) < 4.78 is 48.7. The van der Waals surface area contributed by atoms with Gasteiger partial charge in [-0.15, -0.1) is 0 Å². The van der Waals surface area contributed by atoms with Crippen molar-refractivity contribution >= 4 is 10.0 Å². The Balaban J connectivity index is 1.46. The molecule has 0 amide bonds. The molecule has 4 rings (SSSR count). The lowest BCUT2D eigenvalue weighted by atomic mass is 9.82. The minimum Gasteiger partial charge on any atom is -0.376 e. The van der Waals surface area contributed by atoms with E-state index < -0.39 is 10.0 Å². The molecular weight excluding hydrogens is 443 g/mol. The van der Waals surface area contributed by atoms with Crippen LogP contribution in [0.15, 0.2) is 41.2 Å². The Labute approximate surface area is 195 Å². The summed E-state index contributed by atoms with van der Waals surface area (Å²) in [5.74, 6) is 0.178. The lowest BCUT2D eigenvalue weighted by Gasteiger charge is -2.37. The second-order valence-corrected chi connectivity index (χ2v) is 11.3. The molecule has 2 heterocycles. The third kappa shape index (κ3) is 5.55. The van der Waals surface area contributed by atoms with Crippen LogP contribution in [0.25, 0.3) is 0 Å². The van der Waals surface area contributed by atoms with Crippen molar-refractivity contribution in [2.24, 2.45) is 0 Å². The molecule has 33 heavy (non-hydrogen) atoms. The van der Waals surface area contributed by atoms with Gasteiger partial charge < -0.3 is 9.30 Å². The number of fused-ring (bicyclic) bond motifs is 1. The zero-order valence-corrected chi connectivity index (χ0v) is 20.1. The van der Waals surface area contributed by atoms with Gasteiger partial charge in [-0.05, 0) is 82.1 Å². The van der Waals surface area contributed by atoms with Gasteiger partial charge in [-0.3, -0.25) is 4.79 Å². The molecule has 6 nitrogen and oxygen atoms in total. The van der Waals surface area contributed by atoms with Crippen molar-refractivity contribution in [2.75, 3.05) is 12.4 Å². The van der Waals surface area contributed by atoms with Gasteiger partial charge in [0.05, 0.1) is 24.5 Å². The number of aromatic nitrogens is 1. The van der Waals surface area contributed by atoms with Gasteiger partial charge in [-0.25, -0.2) is 17.5 Å². The van der Waals surface area contributed by atoms with Gasteiger partial charge in [-0.2, -0.15) is 0 Å². The quantitative estimate of drug-likeness (QED) is 0.659. The van der Waals surface area contributed by atoms with Gasteiger partial charge in [-0.1, -0.05) is 18.2 Å². The summed E-state index contributed by atoms with van der Waals surface area (Å²) in [6.07, 6.45) is 5.03. The van der Waals surface area contributed by atoms with Crippen LogP contribution in [0.4, 0.5) is 4.39 Å². The van der Waals surface area contributed by atoms with Crippen molar-refractivity contribution in [1.29, 1.82) is 0 Å². The van der Waals surface area contributed by atoms with E-state index in [-0.39, 0.29) is 35.3 Å². The third-order valence-electron chi connectivity index (χ3n) is 7.13. The standard InChI is InChI=1S/C25H33FN2O4S/c1-3-33(30,31)27-23-15-12-21-11-4-17(2)25(29)28(21)24(23)16-32-22-13-7-19(8-14-22)18-5-9-20(26)10-6-18/h4-6,9-11,19,22-24,27H,3,7-8,12-16H2,1-2H3/t19?,22?,23-,24-/m0/s1. The molecule has 1 aromatic carbocycles. The molecule has 2 aliphatic rings. The maximum Gasteiger partial charge on any atom is 0.254 e. The Morgan fingerprint density at radius 1 is 1.06 bits per heavy atom. The van der Waals surface area contributed by atoms with Crippen LogP contribution in [0.2, 0.25) is 0 Å². The molecule has 2 aromatic rings. The summed E-state index contributed by atoms with van der Waals surface area (Å²) >= 11 is 0. The summed E-state index contributed by atoms with van der Waals surface area (Å²) in [6.45, 7) is 3.68. The van der Waals surface area contributed by atoms with Gasteiger partial charge in [0.2, 0.25) is 10.0 Å². The summed E-state index contributed by atoms with van der Waals surface area (Å²) in [6, 6.07) is 9.78. The third-order valence-corrected chi connectivity index (χ3v) is 8.55. The van der Waals surface area contributed by atoms with Crippen LogP contribution in [-0.4, -0.2) is 37.5 Å². The molecule has 1 N–H and O–H groups in total. The fraction of sp³-hybridized carbons (Fsp3) is 0.560. The molecule has 8 heteroatoms. The molecule has 0 spiro atoms. The number of halogens is 1. The normalized spacial score (nSPS) is 25.5. The number of rotatable bonds is 7. The summed E-state index contributed by atoms with van der Waals surface area (Å²) in [5, 5.41) is 0. The number of sulfonamides is 1. The van der Waals surface area contributed by atoms with E-state index in [2.05, 4.69) is 4.72 Å². The molecule has 0 bridgehead atoms. The van der Waals surface area contributed by atoms with Crippen molar-refractivity contribution in [3.8, 4) is 0 Å². The van der Waals surface area contributed by atoms with Gasteiger partial charge >= 0.3 is 0 Å². The molecule has 1 saturated carbocycles. The number of pyridine rings is 1. The van der Waals surface area contributed by atoms with Crippen molar-refractivity contribution in [3.63, 3.8) is 0 Å². The molecule has 1 fully saturated rings. The first-order valence-corrected chi connectivity index (χ1v) is 13.5. The highest BCUT2D eigenvalue weighted by Crippen LogP contribution is 2.35. The number of aryl methyl sites for hydroxylation is 2. The van der Waals surface area contributed by atoms with Crippen LogP contribution >= 0.6 is 0 Å². The van der Waals surface area contributed by atoms with E-state index in [0.29, 0.717) is 30.9 Å². The van der Waals surface area contributed by atoms with Crippen LogP contribution < -0.4 is 10.3 Å². The van der Waals surface area contributed by atoms with E-state index in [4.69, 9.17) is 4.74 Å². The number of hydrogen-bond acceptors (Lipinski definition) is 4. The molecule has 0 saturated heterocycles. The Morgan fingerprint density at radius 3 is 2.42 bits per heavy atom. The molecule has 1 aromatic heterocycles. The number of hydrogen-bond donors (Lipinski definition) is 1. The molecule has 1 aliphatic carbocycles. The number of ether oxygens (including phenoxy) is 1. The zero-order valence-electron chi connectivity index (χ0n) is 19.3. The zero-order chi connectivity index (χ0) is 23.6. The lowest BCUT2D eigenvalue weighted by molar-refractivity contribution is -0.00169. The van der Waals surface area contributed by atoms with E-state index in [1.165, 1.54) is 12.1 Å². The SMILES string of the molecule is CCS(=O)(=O)N[C@H]1CCc2ccc(C)c(=O)n2[C@H]1COC1CCC(c2ccc(F)cc2)CC1. The molecular formula is C25H33FN2O4S. The van der Waals surface area contributed by atoms with Gasteiger partial charge in [0.1, 0.15) is 5.82 Å². The van der Waals surface area contributed by atoms with Gasteiger partial charge in [0.15, 0.2) is 0 Å². The summed E-state index contributed by atoms with van der Waals surface area (Å²) in [7, 11) is -3.41. The van der Waals surface area contributed by atoms with Crippen molar-refractivity contribution in [3.05, 3.63) is 69.4 Å². The van der Waals surface area contributed by atoms with E-state index in [1.807, 2.05) is 24.3 Å². The molecule has 2 atom stereocenters. The predicted molar refractivity (Wildman–Crippen MR) is 127 cm³/mol. The van der Waals surface area contributed by atoms with Crippen LogP contribution in [0.1, 0.15) is 67.8 Å². The number of nitrogens with one attached hydrogen (secondary N) is 1. The first-order chi connectivity index (χ1) is 15.8. The molecule has 0 radical (unpaired) electrons. The average Bonchev–Trinajstić information content (AvgIpc) is 2.81. The summed E-state index contributed by atoms with van der Waals surface area (Å²) in [5.41, 5.74) is 2.64. The second-order valence-electron chi connectivity index (χ2n) is 9.28. The smallest absolute Gasteiger partial charge is 0.254 e. The molecule has 180 valence electrons. The lowest BCUT2D eigenvalue weighted by Crippen LogP contribution is -2.50. The van der Waals surface area contributed by atoms with Crippen molar-refractivity contribution in [1.82, 2.24) is 9.29 Å². The maximum absolute atomic E-state index is 13.2. The van der Waals surface area contributed by atoms with Crippen molar-refractivity contribution in [2.45, 2.75) is 76.5 Å². The highest BCUT2D eigenvalue weighted by atomic mass is 32.2. The monoisotopic (exact) mass is 476 g/mol. The Morgan fingerprint density at radius 2 is 1.76 bits per heavy atom. The topological polar surface area (TPSA) is 77.4 Å². The van der Waals surface area contributed by atoms with E-state index >= 15 is 0 Å². The maximum atomic E-state index is 13.2. The van der Waals surface area contributed by atoms with Crippen LogP contribution in [-0.2, 0) is 21.2 Å². The first-order valence-electron chi connectivity index (χ1n) is 11.9. The van der Waals surface area contributed by atoms with Gasteiger partial charge in [0.25, 0.3) is 5.56 Å². The minimum atomic E-state index is -3.41. The van der Waals surface area contributed by atoms with E-state index in [9.17, 15) is 17.6 Å². The highest BCUT2D eigenvalue weighted by molar-refractivity contribution is 7.89. The molecule has 1 aliphatic heterocycles.